The number of aromatic nitrogens is 3. The largest absolute Gasteiger partial charge is 0.352 e. The highest BCUT2D eigenvalue weighted by molar-refractivity contribution is 6.36. The molecular formula is C21H20Cl2N6O. The standard InChI is InChI=1S/C21H20Cl2N6O/c1-14-2-5-18(24-13-14)25-19-6-7-20(27-26-19)28-8-10-29(11-9-28)21(30)16-4-3-15(22)12-17(16)23/h2-7,12-13H,8-11H2,1H3,(H,24,25,26). The average molecular weight is 443 g/mol. The first kappa shape index (κ1) is 20.4. The zero-order valence-corrected chi connectivity index (χ0v) is 17.9. The van der Waals surface area contributed by atoms with Crippen LogP contribution in [0.15, 0.2) is 48.7 Å². The number of hydrogen-bond donors (Lipinski definition) is 1. The number of piperazine rings is 1. The van der Waals surface area contributed by atoms with E-state index >= 15 is 0 Å². The van der Waals surface area contributed by atoms with Crippen molar-refractivity contribution in [1.29, 1.82) is 0 Å². The highest BCUT2D eigenvalue weighted by Crippen LogP contribution is 2.23. The van der Waals surface area contributed by atoms with Crippen molar-refractivity contribution >= 4 is 46.6 Å². The number of rotatable bonds is 4. The molecule has 0 aliphatic carbocycles. The Hall–Kier alpha value is -2.90. The van der Waals surface area contributed by atoms with Crippen LogP contribution in [0, 0.1) is 6.92 Å². The van der Waals surface area contributed by atoms with E-state index in [0.717, 1.165) is 17.2 Å². The van der Waals surface area contributed by atoms with Crippen LogP contribution in [0.1, 0.15) is 15.9 Å². The van der Waals surface area contributed by atoms with Crippen molar-refractivity contribution in [3.63, 3.8) is 0 Å². The van der Waals surface area contributed by atoms with E-state index in [9.17, 15) is 4.79 Å². The third-order valence-corrected chi connectivity index (χ3v) is 5.42. The van der Waals surface area contributed by atoms with Crippen LogP contribution in [0.3, 0.4) is 0 Å². The van der Waals surface area contributed by atoms with Gasteiger partial charge in [0.2, 0.25) is 0 Å². The predicted molar refractivity (Wildman–Crippen MR) is 119 cm³/mol. The molecular weight excluding hydrogens is 423 g/mol. The van der Waals surface area contributed by atoms with Crippen LogP contribution in [0.5, 0.6) is 0 Å². The van der Waals surface area contributed by atoms with Gasteiger partial charge in [-0.1, -0.05) is 29.3 Å². The zero-order chi connectivity index (χ0) is 21.1. The Kier molecular flexibility index (Phi) is 6.01. The van der Waals surface area contributed by atoms with E-state index in [4.69, 9.17) is 23.2 Å². The highest BCUT2D eigenvalue weighted by Gasteiger charge is 2.24. The summed E-state index contributed by atoms with van der Waals surface area (Å²) in [6, 6.07) is 12.6. The number of anilines is 3. The summed E-state index contributed by atoms with van der Waals surface area (Å²) in [7, 11) is 0. The first-order chi connectivity index (χ1) is 14.5. The van der Waals surface area contributed by atoms with Crippen LogP contribution < -0.4 is 10.2 Å². The maximum atomic E-state index is 12.8. The Balaban J connectivity index is 1.35. The summed E-state index contributed by atoms with van der Waals surface area (Å²) in [5, 5.41) is 12.6. The Morgan fingerprint density at radius 2 is 1.73 bits per heavy atom. The topological polar surface area (TPSA) is 74.2 Å². The first-order valence-electron chi connectivity index (χ1n) is 9.52. The predicted octanol–water partition coefficient (Wildman–Crippen LogP) is 4.19. The van der Waals surface area contributed by atoms with Gasteiger partial charge in [-0.2, -0.15) is 0 Å². The van der Waals surface area contributed by atoms with E-state index in [1.54, 1.807) is 29.3 Å². The summed E-state index contributed by atoms with van der Waals surface area (Å²) >= 11 is 12.1. The van der Waals surface area contributed by atoms with Gasteiger partial charge in [0.05, 0.1) is 10.6 Å². The Morgan fingerprint density at radius 1 is 0.967 bits per heavy atom. The van der Waals surface area contributed by atoms with Crippen LogP contribution in [0.2, 0.25) is 10.0 Å². The number of hydrogen-bond acceptors (Lipinski definition) is 6. The summed E-state index contributed by atoms with van der Waals surface area (Å²) in [6.07, 6.45) is 1.79. The summed E-state index contributed by atoms with van der Waals surface area (Å²) in [5.41, 5.74) is 1.56. The SMILES string of the molecule is Cc1ccc(Nc2ccc(N3CCN(C(=O)c4ccc(Cl)cc4Cl)CC3)nn2)nc1. The number of nitrogens with one attached hydrogen (secondary N) is 1. The van der Waals surface area contributed by atoms with Crippen molar-refractivity contribution in [3.05, 3.63) is 69.8 Å². The number of benzene rings is 1. The Labute approximate surface area is 184 Å². The molecule has 2 aromatic heterocycles. The number of pyridine rings is 1. The molecule has 30 heavy (non-hydrogen) atoms. The molecule has 1 N–H and O–H groups in total. The Bertz CT molecular complexity index is 1030. The van der Waals surface area contributed by atoms with Crippen molar-refractivity contribution in [2.24, 2.45) is 0 Å². The quantitative estimate of drug-likeness (QED) is 0.652. The number of amides is 1. The van der Waals surface area contributed by atoms with E-state index < -0.39 is 0 Å². The molecule has 9 heteroatoms. The molecule has 1 aliphatic heterocycles. The van der Waals surface area contributed by atoms with Gasteiger partial charge in [-0.15, -0.1) is 10.2 Å². The van der Waals surface area contributed by atoms with E-state index in [2.05, 4.69) is 25.4 Å². The fraction of sp³-hybridized carbons (Fsp3) is 0.238. The molecule has 1 aromatic carbocycles. The molecule has 1 saturated heterocycles. The van der Waals surface area contributed by atoms with Gasteiger partial charge in [-0.3, -0.25) is 4.79 Å². The minimum atomic E-state index is -0.0902. The zero-order valence-electron chi connectivity index (χ0n) is 16.3. The van der Waals surface area contributed by atoms with Crippen molar-refractivity contribution in [2.45, 2.75) is 6.92 Å². The molecule has 0 radical (unpaired) electrons. The second-order valence-electron chi connectivity index (χ2n) is 7.03. The van der Waals surface area contributed by atoms with Crippen LogP contribution in [-0.4, -0.2) is 52.2 Å². The van der Waals surface area contributed by atoms with E-state index in [-0.39, 0.29) is 5.91 Å². The number of halogens is 2. The fourth-order valence-electron chi connectivity index (χ4n) is 3.21. The number of aryl methyl sites for hydroxylation is 1. The molecule has 0 bridgehead atoms. The lowest BCUT2D eigenvalue weighted by Crippen LogP contribution is -2.49. The van der Waals surface area contributed by atoms with E-state index in [0.29, 0.717) is 47.6 Å². The normalized spacial score (nSPS) is 14.0. The summed E-state index contributed by atoms with van der Waals surface area (Å²) < 4.78 is 0. The first-order valence-corrected chi connectivity index (χ1v) is 10.3. The van der Waals surface area contributed by atoms with Gasteiger partial charge in [-0.25, -0.2) is 4.98 Å². The molecule has 1 amide bonds. The second-order valence-corrected chi connectivity index (χ2v) is 7.87. The summed E-state index contributed by atoms with van der Waals surface area (Å²) in [4.78, 5) is 21.0. The fourth-order valence-corrected chi connectivity index (χ4v) is 3.69. The molecule has 3 aromatic rings. The van der Waals surface area contributed by atoms with Gasteiger partial charge >= 0.3 is 0 Å². The number of carbonyl (C=O) groups excluding carboxylic acids is 1. The third-order valence-electron chi connectivity index (χ3n) is 4.87. The molecule has 4 rings (SSSR count). The molecule has 154 valence electrons. The lowest BCUT2D eigenvalue weighted by molar-refractivity contribution is 0.0746. The van der Waals surface area contributed by atoms with Gasteiger partial charge in [0.1, 0.15) is 5.82 Å². The van der Waals surface area contributed by atoms with Gasteiger partial charge in [0, 0.05) is 37.4 Å². The van der Waals surface area contributed by atoms with Crippen LogP contribution in [-0.2, 0) is 0 Å². The van der Waals surface area contributed by atoms with Crippen molar-refractivity contribution < 1.29 is 4.79 Å². The minimum absolute atomic E-state index is 0.0902. The summed E-state index contributed by atoms with van der Waals surface area (Å²) in [6.45, 7) is 4.47. The van der Waals surface area contributed by atoms with Crippen molar-refractivity contribution in [2.75, 3.05) is 36.4 Å². The van der Waals surface area contributed by atoms with Crippen LogP contribution >= 0.6 is 23.2 Å². The lowest BCUT2D eigenvalue weighted by Gasteiger charge is -2.35. The van der Waals surface area contributed by atoms with Crippen molar-refractivity contribution in [1.82, 2.24) is 20.1 Å². The molecule has 3 heterocycles. The maximum absolute atomic E-state index is 12.8. The number of nitrogens with zero attached hydrogens (tertiary/aromatic N) is 5. The van der Waals surface area contributed by atoms with Crippen LogP contribution in [0.25, 0.3) is 0 Å². The molecule has 7 nitrogen and oxygen atoms in total. The van der Waals surface area contributed by atoms with Gasteiger partial charge < -0.3 is 15.1 Å². The monoisotopic (exact) mass is 442 g/mol. The lowest BCUT2D eigenvalue weighted by atomic mass is 10.2. The Morgan fingerprint density at radius 3 is 2.37 bits per heavy atom. The second kappa shape index (κ2) is 8.85. The number of carbonyl (C=O) groups is 1. The molecule has 1 fully saturated rings. The van der Waals surface area contributed by atoms with Gasteiger partial charge in [-0.05, 0) is 48.9 Å². The molecule has 1 aliphatic rings. The molecule has 0 unspecified atom stereocenters. The molecule has 0 atom stereocenters. The summed E-state index contributed by atoms with van der Waals surface area (Å²) in [5.74, 6) is 2.03. The van der Waals surface area contributed by atoms with Gasteiger partial charge in [0.15, 0.2) is 11.6 Å². The third kappa shape index (κ3) is 4.63. The molecule has 0 saturated carbocycles. The highest BCUT2D eigenvalue weighted by atomic mass is 35.5. The molecule has 0 spiro atoms. The smallest absolute Gasteiger partial charge is 0.255 e. The average Bonchev–Trinajstić information content (AvgIpc) is 2.76. The minimum Gasteiger partial charge on any atom is -0.352 e. The van der Waals surface area contributed by atoms with Crippen LogP contribution in [0.4, 0.5) is 17.5 Å². The van der Waals surface area contributed by atoms with E-state index in [1.807, 2.05) is 31.2 Å². The van der Waals surface area contributed by atoms with Gasteiger partial charge in [0.25, 0.3) is 5.91 Å². The maximum Gasteiger partial charge on any atom is 0.255 e. The van der Waals surface area contributed by atoms with Crippen molar-refractivity contribution in [3.8, 4) is 0 Å². The van der Waals surface area contributed by atoms with E-state index in [1.165, 1.54) is 0 Å².